The fourth-order valence-electron chi connectivity index (χ4n) is 3.21. The maximum absolute atomic E-state index is 12.7. The number of carbonyl (C=O) groups is 1. The van der Waals surface area contributed by atoms with Crippen molar-refractivity contribution in [2.75, 3.05) is 7.05 Å². The third-order valence-electron chi connectivity index (χ3n) is 4.68. The van der Waals surface area contributed by atoms with Gasteiger partial charge in [0.2, 0.25) is 5.89 Å². The van der Waals surface area contributed by atoms with Crippen LogP contribution in [0.4, 0.5) is 0 Å². The first-order valence-corrected chi connectivity index (χ1v) is 10.4. The fraction of sp³-hybridized carbons (Fsp3) is 0.182. The van der Waals surface area contributed by atoms with Gasteiger partial charge < -0.3 is 18.6 Å². The van der Waals surface area contributed by atoms with E-state index in [0.717, 1.165) is 20.7 Å². The zero-order valence-corrected chi connectivity index (χ0v) is 17.7. The number of fused-ring (bicyclic) bond motifs is 2. The molecule has 0 aliphatic heterocycles. The number of amides is 1. The van der Waals surface area contributed by atoms with Crippen LogP contribution in [0.15, 0.2) is 57.5 Å². The molecule has 3 heterocycles. The summed E-state index contributed by atoms with van der Waals surface area (Å²) in [7, 11) is 1.66. The van der Waals surface area contributed by atoms with Crippen molar-refractivity contribution in [1.29, 1.82) is 0 Å². The molecular weight excluding hydrogens is 416 g/mol. The van der Waals surface area contributed by atoms with Gasteiger partial charge in [-0.3, -0.25) is 4.79 Å². The Hall–Kier alpha value is -3.72. The minimum Gasteiger partial charge on any atom is -0.485 e. The Kier molecular flexibility index (Phi) is 4.87. The summed E-state index contributed by atoms with van der Waals surface area (Å²) in [6.07, 6.45) is 0. The number of ether oxygens (including phenoxy) is 1. The highest BCUT2D eigenvalue weighted by molar-refractivity contribution is 7.18. The number of hydrogen-bond donors (Lipinski definition) is 0. The van der Waals surface area contributed by atoms with E-state index < -0.39 is 0 Å². The van der Waals surface area contributed by atoms with Gasteiger partial charge in [0, 0.05) is 19.2 Å². The number of benzene rings is 2. The van der Waals surface area contributed by atoms with Gasteiger partial charge in [0.1, 0.15) is 17.9 Å². The molecule has 1 amide bonds. The lowest BCUT2D eigenvalue weighted by Gasteiger charge is -2.12. The molecule has 5 rings (SSSR count). The third-order valence-corrected chi connectivity index (χ3v) is 5.63. The molecular formula is C22H18N4O4S. The van der Waals surface area contributed by atoms with Crippen molar-refractivity contribution in [3.63, 3.8) is 0 Å². The fourth-order valence-corrected chi connectivity index (χ4v) is 4.01. The van der Waals surface area contributed by atoms with Crippen LogP contribution in [0.2, 0.25) is 0 Å². The predicted octanol–water partition coefficient (Wildman–Crippen LogP) is 4.59. The topological polar surface area (TPSA) is 94.5 Å². The van der Waals surface area contributed by atoms with Gasteiger partial charge >= 0.3 is 0 Å². The molecule has 31 heavy (non-hydrogen) atoms. The maximum atomic E-state index is 12.7. The molecule has 0 bridgehead atoms. The molecule has 0 aliphatic carbocycles. The summed E-state index contributed by atoms with van der Waals surface area (Å²) in [6.45, 7) is 2.35. The van der Waals surface area contributed by atoms with Crippen molar-refractivity contribution in [3.05, 3.63) is 70.9 Å². The minimum absolute atomic E-state index is 0.156. The average molecular weight is 434 g/mol. The normalized spacial score (nSPS) is 11.3. The van der Waals surface area contributed by atoms with Gasteiger partial charge in [0.05, 0.1) is 21.8 Å². The van der Waals surface area contributed by atoms with E-state index in [1.165, 1.54) is 4.90 Å². The van der Waals surface area contributed by atoms with Crippen LogP contribution in [-0.4, -0.2) is 33.0 Å². The maximum Gasteiger partial charge on any atom is 0.276 e. The molecule has 0 spiro atoms. The molecule has 0 aliphatic rings. The Morgan fingerprint density at radius 1 is 1.13 bits per heavy atom. The molecule has 0 saturated carbocycles. The Morgan fingerprint density at radius 2 is 2.00 bits per heavy atom. The molecule has 0 unspecified atom stereocenters. The van der Waals surface area contributed by atoms with Crippen LogP contribution >= 0.6 is 11.3 Å². The van der Waals surface area contributed by atoms with Gasteiger partial charge in [0.15, 0.2) is 17.0 Å². The lowest BCUT2D eigenvalue weighted by Crippen LogP contribution is -2.26. The van der Waals surface area contributed by atoms with Crippen LogP contribution in [0.25, 0.3) is 21.3 Å². The Balaban J connectivity index is 1.22. The van der Waals surface area contributed by atoms with Crippen molar-refractivity contribution >= 4 is 38.6 Å². The van der Waals surface area contributed by atoms with Crippen LogP contribution in [0, 0.1) is 6.92 Å². The molecule has 0 fully saturated rings. The lowest BCUT2D eigenvalue weighted by atomic mass is 10.3. The second kappa shape index (κ2) is 7.84. The van der Waals surface area contributed by atoms with E-state index in [1.807, 2.05) is 49.4 Å². The van der Waals surface area contributed by atoms with E-state index in [2.05, 4.69) is 15.1 Å². The van der Waals surface area contributed by atoms with E-state index in [9.17, 15) is 4.79 Å². The lowest BCUT2D eigenvalue weighted by molar-refractivity contribution is 0.0763. The summed E-state index contributed by atoms with van der Waals surface area (Å²) in [5.41, 5.74) is 2.53. The molecule has 156 valence electrons. The monoisotopic (exact) mass is 434 g/mol. The van der Waals surface area contributed by atoms with E-state index in [1.54, 1.807) is 24.5 Å². The number of rotatable bonds is 6. The van der Waals surface area contributed by atoms with Crippen LogP contribution in [0.5, 0.6) is 5.75 Å². The smallest absolute Gasteiger partial charge is 0.276 e. The molecule has 5 aromatic rings. The first kappa shape index (κ1) is 19.3. The second-order valence-electron chi connectivity index (χ2n) is 7.07. The van der Waals surface area contributed by atoms with Gasteiger partial charge in [-0.1, -0.05) is 17.3 Å². The van der Waals surface area contributed by atoms with Gasteiger partial charge in [-0.05, 0) is 31.2 Å². The first-order chi connectivity index (χ1) is 15.0. The summed E-state index contributed by atoms with van der Waals surface area (Å²) in [5.74, 6) is 1.29. The number of oxazole rings is 1. The standard InChI is InChI=1S/C22H18N4O4S/c1-13-23-17-9-14(7-8-20(17)31-13)28-12-15-10-18(25-30-15)22(27)26(2)11-21-24-16-5-3-4-6-19(16)29-21/h3-10H,11-12H2,1-2H3. The molecule has 0 atom stereocenters. The van der Waals surface area contributed by atoms with E-state index in [4.69, 9.17) is 13.7 Å². The highest BCUT2D eigenvalue weighted by atomic mass is 32.1. The number of aromatic nitrogens is 3. The summed E-state index contributed by atoms with van der Waals surface area (Å²) in [6, 6.07) is 14.8. The van der Waals surface area contributed by atoms with Crippen LogP contribution in [0.3, 0.4) is 0 Å². The zero-order chi connectivity index (χ0) is 21.4. The number of carbonyl (C=O) groups excluding carboxylic acids is 1. The molecule has 0 radical (unpaired) electrons. The van der Waals surface area contributed by atoms with Gasteiger partial charge in [0.25, 0.3) is 5.91 Å². The highest BCUT2D eigenvalue weighted by Crippen LogP contribution is 2.26. The van der Waals surface area contributed by atoms with Crippen LogP contribution in [-0.2, 0) is 13.2 Å². The van der Waals surface area contributed by atoms with Gasteiger partial charge in [-0.15, -0.1) is 11.3 Å². The predicted molar refractivity (Wildman–Crippen MR) is 115 cm³/mol. The molecule has 2 aromatic carbocycles. The van der Waals surface area contributed by atoms with Crippen molar-refractivity contribution < 1.29 is 18.5 Å². The second-order valence-corrected chi connectivity index (χ2v) is 8.30. The number of aryl methyl sites for hydroxylation is 1. The number of hydrogen-bond acceptors (Lipinski definition) is 8. The van der Waals surface area contributed by atoms with Crippen molar-refractivity contribution in [2.45, 2.75) is 20.1 Å². The van der Waals surface area contributed by atoms with E-state index >= 15 is 0 Å². The summed E-state index contributed by atoms with van der Waals surface area (Å²) in [5, 5.41) is 4.89. The molecule has 3 aromatic heterocycles. The minimum atomic E-state index is -0.295. The Labute approximate surface area is 181 Å². The van der Waals surface area contributed by atoms with E-state index in [-0.39, 0.29) is 24.8 Å². The average Bonchev–Trinajstić information content (AvgIpc) is 3.48. The van der Waals surface area contributed by atoms with Gasteiger partial charge in [-0.2, -0.15) is 0 Å². The molecule has 9 heteroatoms. The summed E-state index contributed by atoms with van der Waals surface area (Å²) < 4.78 is 17.8. The number of thiazole rings is 1. The summed E-state index contributed by atoms with van der Waals surface area (Å²) >= 11 is 1.64. The van der Waals surface area contributed by atoms with Gasteiger partial charge in [-0.25, -0.2) is 9.97 Å². The SMILES string of the molecule is Cc1nc2cc(OCc3cc(C(=O)N(C)Cc4nc5ccccc5o4)no3)ccc2s1. The zero-order valence-electron chi connectivity index (χ0n) is 16.9. The molecule has 0 N–H and O–H groups in total. The summed E-state index contributed by atoms with van der Waals surface area (Å²) in [4.78, 5) is 23.0. The molecule has 8 nitrogen and oxygen atoms in total. The van der Waals surface area contributed by atoms with E-state index in [0.29, 0.717) is 23.0 Å². The van der Waals surface area contributed by atoms with Crippen molar-refractivity contribution in [3.8, 4) is 5.75 Å². The Bertz CT molecular complexity index is 1350. The third kappa shape index (κ3) is 3.99. The number of para-hydroxylation sites is 2. The Morgan fingerprint density at radius 3 is 2.87 bits per heavy atom. The number of nitrogens with zero attached hydrogens (tertiary/aromatic N) is 4. The van der Waals surface area contributed by atoms with Crippen molar-refractivity contribution in [1.82, 2.24) is 20.0 Å². The quantitative estimate of drug-likeness (QED) is 0.386. The van der Waals surface area contributed by atoms with Crippen molar-refractivity contribution in [2.24, 2.45) is 0 Å². The largest absolute Gasteiger partial charge is 0.485 e. The highest BCUT2D eigenvalue weighted by Gasteiger charge is 2.19. The molecule has 0 saturated heterocycles. The van der Waals surface area contributed by atoms with Crippen LogP contribution < -0.4 is 4.74 Å². The first-order valence-electron chi connectivity index (χ1n) is 9.61. The van der Waals surface area contributed by atoms with Crippen LogP contribution in [0.1, 0.15) is 27.1 Å².